The summed E-state index contributed by atoms with van der Waals surface area (Å²) >= 11 is 0. The Morgan fingerprint density at radius 2 is 1.91 bits per heavy atom. The zero-order chi connectivity index (χ0) is 24.3. The Labute approximate surface area is 198 Å². The molecule has 0 radical (unpaired) electrons. The van der Waals surface area contributed by atoms with Crippen LogP contribution in [0.25, 0.3) is 0 Å². The minimum absolute atomic E-state index is 0.0656. The van der Waals surface area contributed by atoms with Crippen LogP contribution in [0.2, 0.25) is 0 Å². The molecule has 3 saturated heterocycles. The van der Waals surface area contributed by atoms with Gasteiger partial charge in [0.15, 0.2) is 21.3 Å². The summed E-state index contributed by atoms with van der Waals surface area (Å²) in [6, 6.07) is 3.15. The standard InChI is InChI=1S/C23H28N2O8S/c1-30-16-8-13(9-17(31-2)20(16)32-3)10-25-12-23-6-4-15(33-23)18(19(23)22(25)27)21(26)24-14-5-7-34(28,29)11-14/h4,6,8-9,14-15,18-19H,5,7,10-12H2,1-3H3,(H,24,26). The number of carbonyl (C=O) groups is 2. The van der Waals surface area contributed by atoms with Crippen molar-refractivity contribution in [1.82, 2.24) is 10.2 Å². The number of amides is 2. The molecular weight excluding hydrogens is 464 g/mol. The van der Waals surface area contributed by atoms with Gasteiger partial charge in [0.1, 0.15) is 5.60 Å². The average Bonchev–Trinajstić information content (AvgIpc) is 3.53. The van der Waals surface area contributed by atoms with E-state index in [1.807, 2.05) is 12.2 Å². The Morgan fingerprint density at radius 3 is 2.50 bits per heavy atom. The Hall–Kier alpha value is -2.79. The molecule has 184 valence electrons. The Balaban J connectivity index is 1.36. The monoisotopic (exact) mass is 492 g/mol. The van der Waals surface area contributed by atoms with E-state index in [-0.39, 0.29) is 29.9 Å². The highest BCUT2D eigenvalue weighted by molar-refractivity contribution is 7.91. The molecule has 2 amide bonds. The molecule has 10 nitrogen and oxygen atoms in total. The summed E-state index contributed by atoms with van der Waals surface area (Å²) < 4.78 is 45.9. The molecule has 1 N–H and O–H groups in total. The van der Waals surface area contributed by atoms with Gasteiger partial charge < -0.3 is 29.2 Å². The highest BCUT2D eigenvalue weighted by Gasteiger charge is 2.66. The van der Waals surface area contributed by atoms with Crippen LogP contribution in [0.3, 0.4) is 0 Å². The molecule has 4 aliphatic rings. The van der Waals surface area contributed by atoms with Gasteiger partial charge in [-0.2, -0.15) is 0 Å². The lowest BCUT2D eigenvalue weighted by atomic mass is 9.76. The van der Waals surface area contributed by atoms with Crippen LogP contribution in [0.4, 0.5) is 0 Å². The highest BCUT2D eigenvalue weighted by atomic mass is 32.2. The van der Waals surface area contributed by atoms with Gasteiger partial charge in [-0.25, -0.2) is 8.42 Å². The van der Waals surface area contributed by atoms with Crippen LogP contribution < -0.4 is 19.5 Å². The average molecular weight is 493 g/mol. The first kappa shape index (κ1) is 23.0. The molecule has 3 fully saturated rings. The molecule has 34 heavy (non-hydrogen) atoms. The van der Waals surface area contributed by atoms with Crippen molar-refractivity contribution in [3.05, 3.63) is 29.8 Å². The van der Waals surface area contributed by atoms with E-state index in [1.54, 1.807) is 17.0 Å². The molecule has 1 aromatic rings. The van der Waals surface area contributed by atoms with Crippen LogP contribution in [-0.4, -0.2) is 82.3 Å². The van der Waals surface area contributed by atoms with E-state index in [0.717, 1.165) is 5.56 Å². The fraction of sp³-hybridized carbons (Fsp3) is 0.565. The van der Waals surface area contributed by atoms with Crippen molar-refractivity contribution < 1.29 is 37.0 Å². The Bertz CT molecular complexity index is 1140. The Morgan fingerprint density at radius 1 is 1.21 bits per heavy atom. The van der Waals surface area contributed by atoms with Gasteiger partial charge in [-0.3, -0.25) is 9.59 Å². The lowest BCUT2D eigenvalue weighted by Crippen LogP contribution is -2.47. The molecular formula is C23H28N2O8S. The molecule has 1 aromatic carbocycles. The number of fused-ring (bicyclic) bond motifs is 1. The third kappa shape index (κ3) is 3.61. The van der Waals surface area contributed by atoms with Crippen LogP contribution in [0.15, 0.2) is 24.3 Å². The predicted molar refractivity (Wildman–Crippen MR) is 120 cm³/mol. The van der Waals surface area contributed by atoms with Crippen LogP contribution in [-0.2, 0) is 30.7 Å². The molecule has 5 atom stereocenters. The van der Waals surface area contributed by atoms with Gasteiger partial charge in [-0.05, 0) is 24.1 Å². The molecule has 0 aromatic heterocycles. The van der Waals surface area contributed by atoms with Crippen LogP contribution >= 0.6 is 0 Å². The summed E-state index contributed by atoms with van der Waals surface area (Å²) in [6.45, 7) is 0.604. The summed E-state index contributed by atoms with van der Waals surface area (Å²) in [5.74, 6) is -0.390. The van der Waals surface area contributed by atoms with Gasteiger partial charge >= 0.3 is 0 Å². The maximum atomic E-state index is 13.5. The normalized spacial score (nSPS) is 32.7. The molecule has 0 aliphatic carbocycles. The summed E-state index contributed by atoms with van der Waals surface area (Å²) in [4.78, 5) is 28.3. The first-order chi connectivity index (χ1) is 16.2. The largest absolute Gasteiger partial charge is 0.493 e. The van der Waals surface area contributed by atoms with Crippen molar-refractivity contribution in [2.45, 2.75) is 30.7 Å². The Kier molecular flexibility index (Phi) is 5.51. The molecule has 4 heterocycles. The summed E-state index contributed by atoms with van der Waals surface area (Å²) in [7, 11) is 1.45. The molecule has 4 aliphatic heterocycles. The van der Waals surface area contributed by atoms with Crippen LogP contribution in [0.1, 0.15) is 12.0 Å². The number of methoxy groups -OCH3 is 3. The van der Waals surface area contributed by atoms with Gasteiger partial charge in [0.05, 0.1) is 57.3 Å². The minimum atomic E-state index is -3.13. The van der Waals surface area contributed by atoms with E-state index >= 15 is 0 Å². The third-order valence-electron chi connectivity index (χ3n) is 7.16. The van der Waals surface area contributed by atoms with Crippen molar-refractivity contribution in [3.63, 3.8) is 0 Å². The van der Waals surface area contributed by atoms with E-state index in [4.69, 9.17) is 18.9 Å². The van der Waals surface area contributed by atoms with Crippen molar-refractivity contribution in [2.24, 2.45) is 11.8 Å². The van der Waals surface area contributed by atoms with Crippen molar-refractivity contribution in [1.29, 1.82) is 0 Å². The number of rotatable bonds is 7. The van der Waals surface area contributed by atoms with Crippen LogP contribution in [0, 0.1) is 11.8 Å². The van der Waals surface area contributed by atoms with Gasteiger partial charge in [0.25, 0.3) is 0 Å². The summed E-state index contributed by atoms with van der Waals surface area (Å²) in [5, 5.41) is 2.85. The fourth-order valence-electron chi connectivity index (χ4n) is 5.66. The molecule has 11 heteroatoms. The number of hydrogen-bond donors (Lipinski definition) is 1. The van der Waals surface area contributed by atoms with Gasteiger partial charge in [-0.1, -0.05) is 12.2 Å². The van der Waals surface area contributed by atoms with Crippen molar-refractivity contribution in [3.8, 4) is 17.2 Å². The first-order valence-corrected chi connectivity index (χ1v) is 13.0. The maximum absolute atomic E-state index is 13.5. The maximum Gasteiger partial charge on any atom is 0.230 e. The van der Waals surface area contributed by atoms with E-state index < -0.39 is 39.4 Å². The van der Waals surface area contributed by atoms with E-state index in [1.165, 1.54) is 21.3 Å². The molecule has 1 spiro atoms. The molecule has 5 unspecified atom stereocenters. The summed E-state index contributed by atoms with van der Waals surface area (Å²) in [6.07, 6.45) is 3.62. The second-order valence-electron chi connectivity index (χ2n) is 9.24. The molecule has 0 saturated carbocycles. The number of nitrogens with one attached hydrogen (secondary N) is 1. The zero-order valence-corrected chi connectivity index (χ0v) is 20.1. The van der Waals surface area contributed by atoms with Crippen LogP contribution in [0.5, 0.6) is 17.2 Å². The predicted octanol–water partition coefficient (Wildman–Crippen LogP) is 0.298. The zero-order valence-electron chi connectivity index (χ0n) is 19.3. The van der Waals surface area contributed by atoms with Crippen molar-refractivity contribution in [2.75, 3.05) is 39.4 Å². The van der Waals surface area contributed by atoms with E-state index in [0.29, 0.717) is 30.2 Å². The number of likely N-dealkylation sites (tertiary alicyclic amines) is 1. The number of ether oxygens (including phenoxy) is 4. The van der Waals surface area contributed by atoms with Gasteiger partial charge in [-0.15, -0.1) is 0 Å². The quantitative estimate of drug-likeness (QED) is 0.540. The van der Waals surface area contributed by atoms with E-state index in [2.05, 4.69) is 5.32 Å². The lowest BCUT2D eigenvalue weighted by molar-refractivity contribution is -0.138. The lowest BCUT2D eigenvalue weighted by Gasteiger charge is -2.24. The first-order valence-electron chi connectivity index (χ1n) is 11.2. The number of nitrogens with zero attached hydrogens (tertiary/aromatic N) is 1. The molecule has 2 bridgehead atoms. The minimum Gasteiger partial charge on any atom is -0.493 e. The van der Waals surface area contributed by atoms with Crippen molar-refractivity contribution >= 4 is 21.7 Å². The highest BCUT2D eigenvalue weighted by Crippen LogP contribution is 2.52. The van der Waals surface area contributed by atoms with E-state index in [9.17, 15) is 18.0 Å². The van der Waals surface area contributed by atoms with Gasteiger partial charge in [0, 0.05) is 12.6 Å². The smallest absolute Gasteiger partial charge is 0.230 e. The number of benzene rings is 1. The second-order valence-corrected chi connectivity index (χ2v) is 11.5. The SMILES string of the molecule is COc1cc(CN2CC34C=CC(O3)C(C(=O)NC3CCS(=O)(=O)C3)C4C2=O)cc(OC)c1OC. The topological polar surface area (TPSA) is 120 Å². The number of hydrogen-bond acceptors (Lipinski definition) is 8. The number of sulfone groups is 1. The fourth-order valence-corrected chi connectivity index (χ4v) is 7.34. The second kappa shape index (κ2) is 8.16. The third-order valence-corrected chi connectivity index (χ3v) is 8.93. The molecule has 5 rings (SSSR count). The summed E-state index contributed by atoms with van der Waals surface area (Å²) in [5.41, 5.74) is -0.0681. The van der Waals surface area contributed by atoms with Gasteiger partial charge in [0.2, 0.25) is 17.6 Å². The number of carbonyl (C=O) groups excluding carboxylic acids is 2.